The maximum absolute atomic E-state index is 11.7. The first-order valence-corrected chi connectivity index (χ1v) is 8.59. The van der Waals surface area contributed by atoms with Gasteiger partial charge < -0.3 is 5.32 Å². The van der Waals surface area contributed by atoms with Crippen molar-refractivity contribution in [2.75, 3.05) is 18.8 Å². The van der Waals surface area contributed by atoms with E-state index in [0.29, 0.717) is 23.9 Å². The summed E-state index contributed by atoms with van der Waals surface area (Å²) < 4.78 is 26.2. The topological polar surface area (TPSA) is 58.2 Å². The fourth-order valence-corrected chi connectivity index (χ4v) is 3.22. The lowest BCUT2D eigenvalue weighted by molar-refractivity contribution is 0.533. The standard InChI is InChI=1S/C13H28N2O2S/c1-11(2)14-7-5-6-8-18(16,17)15-10-12-9-13(12,3)4/h11-12,14-15H,5-10H2,1-4H3. The van der Waals surface area contributed by atoms with E-state index in [1.807, 2.05) is 0 Å². The summed E-state index contributed by atoms with van der Waals surface area (Å²) in [4.78, 5) is 0. The minimum absolute atomic E-state index is 0.250. The van der Waals surface area contributed by atoms with Crippen molar-refractivity contribution < 1.29 is 8.42 Å². The Morgan fingerprint density at radius 1 is 1.28 bits per heavy atom. The summed E-state index contributed by atoms with van der Waals surface area (Å²) in [7, 11) is -3.07. The second kappa shape index (κ2) is 6.35. The normalized spacial score (nSPS) is 22.4. The maximum Gasteiger partial charge on any atom is 0.211 e. The van der Waals surface area contributed by atoms with Gasteiger partial charge in [-0.05, 0) is 37.1 Å². The van der Waals surface area contributed by atoms with Gasteiger partial charge in [0.25, 0.3) is 0 Å². The van der Waals surface area contributed by atoms with Crippen molar-refractivity contribution >= 4 is 10.0 Å². The molecular weight excluding hydrogens is 248 g/mol. The van der Waals surface area contributed by atoms with Crippen molar-refractivity contribution in [2.24, 2.45) is 11.3 Å². The molecule has 1 aliphatic rings. The van der Waals surface area contributed by atoms with E-state index >= 15 is 0 Å². The van der Waals surface area contributed by atoms with Gasteiger partial charge in [-0.3, -0.25) is 0 Å². The van der Waals surface area contributed by atoms with Gasteiger partial charge in [-0.2, -0.15) is 0 Å². The van der Waals surface area contributed by atoms with Crippen molar-refractivity contribution in [3.05, 3.63) is 0 Å². The Bertz CT molecular complexity index is 350. The van der Waals surface area contributed by atoms with Crippen LogP contribution in [-0.4, -0.2) is 33.3 Å². The molecule has 0 bridgehead atoms. The van der Waals surface area contributed by atoms with Crippen LogP contribution in [0.2, 0.25) is 0 Å². The molecular formula is C13H28N2O2S. The highest BCUT2D eigenvalue weighted by Gasteiger charge is 2.45. The molecule has 108 valence electrons. The average Bonchev–Trinajstić information content (AvgIpc) is 2.83. The molecule has 0 amide bonds. The van der Waals surface area contributed by atoms with Gasteiger partial charge in [0.15, 0.2) is 0 Å². The van der Waals surface area contributed by atoms with Gasteiger partial charge in [0.2, 0.25) is 10.0 Å². The molecule has 0 saturated heterocycles. The second-order valence-electron chi connectivity index (χ2n) is 6.37. The number of hydrogen-bond acceptors (Lipinski definition) is 3. The van der Waals surface area contributed by atoms with Crippen LogP contribution in [0.1, 0.15) is 47.0 Å². The lowest BCUT2D eigenvalue weighted by atomic mass is 10.1. The Labute approximate surface area is 112 Å². The molecule has 1 atom stereocenters. The van der Waals surface area contributed by atoms with E-state index in [0.717, 1.165) is 25.8 Å². The van der Waals surface area contributed by atoms with Crippen LogP contribution in [0.15, 0.2) is 0 Å². The van der Waals surface area contributed by atoms with Crippen LogP contribution < -0.4 is 10.0 Å². The van der Waals surface area contributed by atoms with Crippen LogP contribution in [0.25, 0.3) is 0 Å². The molecule has 0 heterocycles. The molecule has 1 saturated carbocycles. The molecule has 18 heavy (non-hydrogen) atoms. The number of nitrogens with one attached hydrogen (secondary N) is 2. The molecule has 1 rings (SSSR count). The van der Waals surface area contributed by atoms with Gasteiger partial charge in [-0.1, -0.05) is 27.7 Å². The van der Waals surface area contributed by atoms with E-state index in [9.17, 15) is 8.42 Å². The predicted octanol–water partition coefficient (Wildman–Crippen LogP) is 1.73. The van der Waals surface area contributed by atoms with Crippen molar-refractivity contribution in [3.8, 4) is 0 Å². The quantitative estimate of drug-likeness (QED) is 0.631. The van der Waals surface area contributed by atoms with E-state index in [1.165, 1.54) is 0 Å². The molecule has 1 fully saturated rings. The van der Waals surface area contributed by atoms with Gasteiger partial charge in [0.05, 0.1) is 5.75 Å². The summed E-state index contributed by atoms with van der Waals surface area (Å²) in [6.45, 7) is 10.1. The van der Waals surface area contributed by atoms with E-state index in [4.69, 9.17) is 0 Å². The third-order valence-corrected chi connectivity index (χ3v) is 5.09. The van der Waals surface area contributed by atoms with Crippen LogP contribution in [0.5, 0.6) is 0 Å². The summed E-state index contributed by atoms with van der Waals surface area (Å²) in [5, 5.41) is 3.29. The molecule has 0 aromatic rings. The number of rotatable bonds is 9. The first kappa shape index (κ1) is 15.9. The first-order chi connectivity index (χ1) is 8.23. The predicted molar refractivity (Wildman–Crippen MR) is 76.1 cm³/mol. The van der Waals surface area contributed by atoms with Crippen LogP contribution in [0.3, 0.4) is 0 Å². The van der Waals surface area contributed by atoms with Crippen LogP contribution >= 0.6 is 0 Å². The smallest absolute Gasteiger partial charge is 0.211 e. The minimum Gasteiger partial charge on any atom is -0.315 e. The minimum atomic E-state index is -3.07. The second-order valence-corrected chi connectivity index (χ2v) is 8.30. The van der Waals surface area contributed by atoms with Crippen molar-refractivity contribution in [3.63, 3.8) is 0 Å². The van der Waals surface area contributed by atoms with Crippen LogP contribution in [0, 0.1) is 11.3 Å². The van der Waals surface area contributed by atoms with Crippen molar-refractivity contribution in [1.82, 2.24) is 10.0 Å². The summed E-state index contributed by atoms with van der Waals surface area (Å²) in [6.07, 6.45) is 2.77. The Morgan fingerprint density at radius 2 is 1.89 bits per heavy atom. The maximum atomic E-state index is 11.7. The third-order valence-electron chi connectivity index (χ3n) is 3.66. The molecule has 1 unspecified atom stereocenters. The molecule has 5 heteroatoms. The summed E-state index contributed by atoms with van der Waals surface area (Å²) in [5.74, 6) is 0.773. The van der Waals surface area contributed by atoms with E-state index < -0.39 is 10.0 Å². The Kier molecular flexibility index (Phi) is 5.62. The van der Waals surface area contributed by atoms with E-state index in [1.54, 1.807) is 0 Å². The van der Waals surface area contributed by atoms with E-state index in [-0.39, 0.29) is 5.75 Å². The lowest BCUT2D eigenvalue weighted by Gasteiger charge is -2.09. The summed E-state index contributed by atoms with van der Waals surface area (Å²) in [6, 6.07) is 0.469. The molecule has 0 aliphatic heterocycles. The first-order valence-electron chi connectivity index (χ1n) is 6.94. The molecule has 0 radical (unpaired) electrons. The SMILES string of the molecule is CC(C)NCCCCS(=O)(=O)NCC1CC1(C)C. The third kappa shape index (κ3) is 6.16. The highest BCUT2D eigenvalue weighted by Crippen LogP contribution is 2.51. The highest BCUT2D eigenvalue weighted by molar-refractivity contribution is 7.89. The fourth-order valence-electron chi connectivity index (χ4n) is 2.03. The molecule has 0 aromatic carbocycles. The van der Waals surface area contributed by atoms with Crippen molar-refractivity contribution in [1.29, 1.82) is 0 Å². The molecule has 0 aromatic heterocycles. The Morgan fingerprint density at radius 3 is 2.39 bits per heavy atom. The highest BCUT2D eigenvalue weighted by atomic mass is 32.2. The Balaban J connectivity index is 2.09. The molecule has 0 spiro atoms. The number of sulfonamides is 1. The largest absolute Gasteiger partial charge is 0.315 e. The van der Waals surface area contributed by atoms with Gasteiger partial charge in [-0.25, -0.2) is 13.1 Å². The van der Waals surface area contributed by atoms with Gasteiger partial charge >= 0.3 is 0 Å². The summed E-state index contributed by atoms with van der Waals surface area (Å²) >= 11 is 0. The Hall–Kier alpha value is -0.130. The number of hydrogen-bond donors (Lipinski definition) is 2. The lowest BCUT2D eigenvalue weighted by Crippen LogP contribution is -2.30. The zero-order chi connectivity index (χ0) is 13.8. The monoisotopic (exact) mass is 276 g/mol. The molecule has 2 N–H and O–H groups in total. The molecule has 4 nitrogen and oxygen atoms in total. The van der Waals surface area contributed by atoms with Crippen molar-refractivity contribution in [2.45, 2.75) is 53.0 Å². The summed E-state index contributed by atoms with van der Waals surface area (Å²) in [5.41, 5.74) is 0.337. The van der Waals surface area contributed by atoms with Gasteiger partial charge in [0.1, 0.15) is 0 Å². The zero-order valence-electron chi connectivity index (χ0n) is 12.1. The van der Waals surface area contributed by atoms with Crippen LogP contribution in [-0.2, 0) is 10.0 Å². The van der Waals surface area contributed by atoms with Crippen LogP contribution in [0.4, 0.5) is 0 Å². The van der Waals surface area contributed by atoms with Gasteiger partial charge in [-0.15, -0.1) is 0 Å². The fraction of sp³-hybridized carbons (Fsp3) is 1.00. The van der Waals surface area contributed by atoms with Gasteiger partial charge in [0, 0.05) is 12.6 Å². The van der Waals surface area contributed by atoms with E-state index in [2.05, 4.69) is 37.7 Å². The number of unbranched alkanes of at least 4 members (excludes halogenated alkanes) is 1. The average molecular weight is 276 g/mol. The zero-order valence-corrected chi connectivity index (χ0v) is 12.9. The molecule has 1 aliphatic carbocycles.